The lowest BCUT2D eigenvalue weighted by molar-refractivity contribution is 0.284. The van der Waals surface area contributed by atoms with E-state index in [2.05, 4.69) is 43.7 Å². The summed E-state index contributed by atoms with van der Waals surface area (Å²) in [5.41, 5.74) is 1.89. The van der Waals surface area contributed by atoms with Crippen LogP contribution in [0.3, 0.4) is 0 Å². The zero-order valence-corrected chi connectivity index (χ0v) is 19.8. The summed E-state index contributed by atoms with van der Waals surface area (Å²) >= 11 is 15.7. The number of hydrogen-bond donors (Lipinski definition) is 1. The van der Waals surface area contributed by atoms with E-state index in [1.54, 1.807) is 23.9 Å². The van der Waals surface area contributed by atoms with E-state index in [-0.39, 0.29) is 0 Å². The Morgan fingerprint density at radius 3 is 2.70 bits per heavy atom. The maximum absolute atomic E-state index is 6.07. The van der Waals surface area contributed by atoms with Crippen LogP contribution in [0.1, 0.15) is 30.9 Å². The summed E-state index contributed by atoms with van der Waals surface area (Å²) in [4.78, 5) is 0. The van der Waals surface area contributed by atoms with Crippen LogP contribution in [0.2, 0.25) is 10.0 Å². The molecule has 1 N–H and O–H groups in total. The number of hydrogen-bond acceptors (Lipinski definition) is 6. The minimum atomic E-state index is 0.337. The fraction of sp³-hybridized carbons (Fsp3) is 0.350. The molecule has 0 atom stereocenters. The number of nitrogens with zero attached hydrogens (tertiary/aromatic N) is 4. The van der Waals surface area contributed by atoms with Crippen LogP contribution in [-0.4, -0.2) is 27.3 Å². The number of rotatable bonds is 10. The van der Waals surface area contributed by atoms with Crippen molar-refractivity contribution in [3.63, 3.8) is 0 Å². The van der Waals surface area contributed by atoms with Gasteiger partial charge in [-0.1, -0.05) is 63.6 Å². The number of halogens is 3. The summed E-state index contributed by atoms with van der Waals surface area (Å²) in [6.45, 7) is 3.77. The molecule has 0 fully saturated rings. The normalized spacial score (nSPS) is 10.8. The number of methoxy groups -OCH3 is 1. The van der Waals surface area contributed by atoms with E-state index in [1.165, 1.54) is 0 Å². The van der Waals surface area contributed by atoms with Crippen molar-refractivity contribution in [1.82, 2.24) is 20.2 Å². The molecule has 7 nitrogen and oxygen atoms in total. The van der Waals surface area contributed by atoms with Gasteiger partial charge in [0.2, 0.25) is 5.95 Å². The van der Waals surface area contributed by atoms with Crippen molar-refractivity contribution in [1.29, 1.82) is 0 Å². The number of nitrogens with one attached hydrogen (secondary N) is 1. The van der Waals surface area contributed by atoms with E-state index in [0.717, 1.165) is 35.0 Å². The predicted molar refractivity (Wildman–Crippen MR) is 122 cm³/mol. The van der Waals surface area contributed by atoms with Gasteiger partial charge in [-0.3, -0.25) is 0 Å². The quantitative estimate of drug-likeness (QED) is 0.371. The number of anilines is 1. The van der Waals surface area contributed by atoms with Crippen molar-refractivity contribution in [2.45, 2.75) is 39.5 Å². The third-order valence-electron chi connectivity index (χ3n) is 4.40. The van der Waals surface area contributed by atoms with E-state index in [9.17, 15) is 0 Å². The first-order valence-corrected chi connectivity index (χ1v) is 11.0. The first-order chi connectivity index (χ1) is 14.5. The highest BCUT2D eigenvalue weighted by molar-refractivity contribution is 9.10. The Kier molecular flexibility index (Phi) is 8.18. The molecule has 10 heteroatoms. The van der Waals surface area contributed by atoms with Crippen LogP contribution in [0, 0.1) is 0 Å². The number of unbranched alkanes of at least 4 members (excludes halogenated alkanes) is 1. The second-order valence-electron chi connectivity index (χ2n) is 6.56. The van der Waals surface area contributed by atoms with E-state index in [0.29, 0.717) is 40.6 Å². The Morgan fingerprint density at radius 1 is 1.13 bits per heavy atom. The largest absolute Gasteiger partial charge is 0.493 e. The fourth-order valence-electron chi connectivity index (χ4n) is 2.74. The fourth-order valence-corrected chi connectivity index (χ4v) is 3.52. The zero-order valence-electron chi connectivity index (χ0n) is 16.7. The molecule has 3 aromatic rings. The van der Waals surface area contributed by atoms with Crippen molar-refractivity contribution >= 4 is 45.1 Å². The van der Waals surface area contributed by atoms with Crippen molar-refractivity contribution in [2.24, 2.45) is 0 Å². The Morgan fingerprint density at radius 2 is 1.97 bits per heavy atom. The molecule has 0 amide bonds. The van der Waals surface area contributed by atoms with Crippen LogP contribution < -0.4 is 14.8 Å². The van der Waals surface area contributed by atoms with Gasteiger partial charge in [-0.2, -0.15) is 0 Å². The maximum Gasteiger partial charge on any atom is 0.243 e. The first-order valence-electron chi connectivity index (χ1n) is 9.45. The lowest BCUT2D eigenvalue weighted by Crippen LogP contribution is -2.09. The molecule has 0 radical (unpaired) electrons. The molecule has 0 spiro atoms. The van der Waals surface area contributed by atoms with Gasteiger partial charge in [0.25, 0.3) is 0 Å². The second-order valence-corrected chi connectivity index (χ2v) is 8.23. The average Bonchev–Trinajstić information content (AvgIpc) is 3.19. The Balaban J connectivity index is 1.69. The maximum atomic E-state index is 6.07. The van der Waals surface area contributed by atoms with Crippen LogP contribution in [0.5, 0.6) is 11.5 Å². The molecule has 0 aliphatic heterocycles. The van der Waals surface area contributed by atoms with Gasteiger partial charge in [0.1, 0.15) is 6.61 Å². The van der Waals surface area contributed by atoms with Crippen molar-refractivity contribution in [3.05, 3.63) is 56.0 Å². The topological polar surface area (TPSA) is 74.1 Å². The van der Waals surface area contributed by atoms with Crippen LogP contribution in [-0.2, 0) is 19.7 Å². The third-order valence-corrected chi connectivity index (χ3v) is 5.88. The second kappa shape index (κ2) is 10.8. The molecule has 0 bridgehead atoms. The van der Waals surface area contributed by atoms with Gasteiger partial charge < -0.3 is 14.8 Å². The highest BCUT2D eigenvalue weighted by Crippen LogP contribution is 2.34. The first kappa shape index (κ1) is 22.7. The molecule has 0 unspecified atom stereocenters. The number of aryl methyl sites for hydroxylation is 1. The molecule has 1 aromatic heterocycles. The molecular formula is C20H22BrCl2N5O2. The van der Waals surface area contributed by atoms with E-state index in [4.69, 9.17) is 32.7 Å². The summed E-state index contributed by atoms with van der Waals surface area (Å²) in [5, 5.41) is 16.1. The van der Waals surface area contributed by atoms with E-state index >= 15 is 0 Å². The van der Waals surface area contributed by atoms with Crippen LogP contribution in [0.4, 0.5) is 5.95 Å². The Hall–Kier alpha value is -2.03. The Bertz CT molecular complexity index is 999. The highest BCUT2D eigenvalue weighted by atomic mass is 79.9. The summed E-state index contributed by atoms with van der Waals surface area (Å²) in [6.07, 6.45) is 2.09. The van der Waals surface area contributed by atoms with Crippen LogP contribution >= 0.6 is 39.1 Å². The van der Waals surface area contributed by atoms with Crippen LogP contribution in [0.15, 0.2) is 34.8 Å². The Labute approximate surface area is 193 Å². The molecule has 0 saturated heterocycles. The van der Waals surface area contributed by atoms with Crippen molar-refractivity contribution in [2.75, 3.05) is 12.4 Å². The minimum Gasteiger partial charge on any atom is -0.493 e. The number of ether oxygens (including phenoxy) is 2. The standard InChI is InChI=1S/C20H22BrCl2N5O2/c1-3-4-7-28-20(25-26-27-28)24-11-14-9-18(29-2)19(10-15(14)21)30-12-13-5-6-16(22)17(23)8-13/h5-6,8-10H,3-4,7,11-12H2,1-2H3,(H,24,25,27). The molecule has 0 aliphatic carbocycles. The highest BCUT2D eigenvalue weighted by Gasteiger charge is 2.13. The summed E-state index contributed by atoms with van der Waals surface area (Å²) in [7, 11) is 1.61. The molecular weight excluding hydrogens is 493 g/mol. The zero-order chi connectivity index (χ0) is 21.5. The number of aromatic nitrogens is 4. The third kappa shape index (κ3) is 5.77. The van der Waals surface area contributed by atoms with Gasteiger partial charge in [0.05, 0.1) is 17.2 Å². The average molecular weight is 515 g/mol. The number of benzene rings is 2. The number of tetrazole rings is 1. The summed E-state index contributed by atoms with van der Waals surface area (Å²) < 4.78 is 14.1. The van der Waals surface area contributed by atoms with Crippen molar-refractivity contribution in [3.8, 4) is 11.5 Å². The molecule has 1 heterocycles. The van der Waals surface area contributed by atoms with Gasteiger partial charge in [-0.15, -0.1) is 0 Å². The van der Waals surface area contributed by atoms with Gasteiger partial charge in [0, 0.05) is 17.6 Å². The van der Waals surface area contributed by atoms with Crippen LogP contribution in [0.25, 0.3) is 0 Å². The molecule has 2 aromatic carbocycles. The summed E-state index contributed by atoms with van der Waals surface area (Å²) in [5.74, 6) is 1.88. The van der Waals surface area contributed by atoms with E-state index < -0.39 is 0 Å². The molecule has 0 saturated carbocycles. The van der Waals surface area contributed by atoms with Gasteiger partial charge in [-0.05, 0) is 52.2 Å². The SMILES string of the molecule is CCCCn1nnnc1NCc1cc(OC)c(OCc2ccc(Cl)c(Cl)c2)cc1Br. The van der Waals surface area contributed by atoms with Gasteiger partial charge >= 0.3 is 0 Å². The van der Waals surface area contributed by atoms with Gasteiger partial charge in [-0.25, -0.2) is 4.68 Å². The van der Waals surface area contributed by atoms with Crippen molar-refractivity contribution < 1.29 is 9.47 Å². The predicted octanol–water partition coefficient (Wildman–Crippen LogP) is 5.74. The van der Waals surface area contributed by atoms with Gasteiger partial charge in [0.15, 0.2) is 11.5 Å². The summed E-state index contributed by atoms with van der Waals surface area (Å²) in [6, 6.07) is 9.21. The monoisotopic (exact) mass is 513 g/mol. The molecule has 0 aliphatic rings. The lowest BCUT2D eigenvalue weighted by Gasteiger charge is -2.15. The smallest absolute Gasteiger partial charge is 0.243 e. The van der Waals surface area contributed by atoms with E-state index in [1.807, 2.05) is 18.2 Å². The molecule has 3 rings (SSSR count). The molecule has 30 heavy (non-hydrogen) atoms. The minimum absolute atomic E-state index is 0.337. The lowest BCUT2D eigenvalue weighted by atomic mass is 10.2. The molecule has 160 valence electrons.